The molecule has 0 aromatic heterocycles. The summed E-state index contributed by atoms with van der Waals surface area (Å²) in [6, 6.07) is 0. The Balaban J connectivity index is 2.83. The fraction of sp³-hybridized carbons (Fsp3) is 0.875. The highest BCUT2D eigenvalue weighted by Crippen LogP contribution is 2.22. The molecule has 0 saturated carbocycles. The highest BCUT2D eigenvalue weighted by Gasteiger charge is 2.37. The van der Waals surface area contributed by atoms with Crippen LogP contribution in [-0.4, -0.2) is 37.5 Å². The average molecular weight is 220 g/mol. The molecule has 82 valence electrons. The van der Waals surface area contributed by atoms with Gasteiger partial charge in [-0.3, -0.25) is 4.79 Å². The number of carbonyl (C=O) groups is 1. The van der Waals surface area contributed by atoms with E-state index in [0.29, 0.717) is 6.54 Å². The summed E-state index contributed by atoms with van der Waals surface area (Å²) in [7, 11) is -3.35. The highest BCUT2D eigenvalue weighted by atomic mass is 32.2. The zero-order valence-corrected chi connectivity index (χ0v) is 9.30. The summed E-state index contributed by atoms with van der Waals surface area (Å²) < 4.78 is 23.8. The molecule has 1 fully saturated rings. The van der Waals surface area contributed by atoms with Gasteiger partial charge in [-0.15, -0.1) is 0 Å². The van der Waals surface area contributed by atoms with Gasteiger partial charge in [0.25, 0.3) is 0 Å². The molecule has 6 heteroatoms. The van der Waals surface area contributed by atoms with Crippen LogP contribution < -0.4 is 5.73 Å². The number of carbonyl (C=O) groups excluding carboxylic acids is 1. The van der Waals surface area contributed by atoms with E-state index in [1.807, 2.05) is 13.8 Å². The van der Waals surface area contributed by atoms with Crippen molar-refractivity contribution in [1.82, 2.24) is 4.31 Å². The van der Waals surface area contributed by atoms with Gasteiger partial charge in [0.05, 0.1) is 5.75 Å². The van der Waals surface area contributed by atoms with Gasteiger partial charge in [0.2, 0.25) is 15.9 Å². The minimum atomic E-state index is -3.35. The Morgan fingerprint density at radius 1 is 1.50 bits per heavy atom. The van der Waals surface area contributed by atoms with E-state index in [2.05, 4.69) is 0 Å². The van der Waals surface area contributed by atoms with E-state index in [0.717, 1.165) is 4.31 Å². The molecule has 5 nitrogen and oxygen atoms in total. The summed E-state index contributed by atoms with van der Waals surface area (Å²) in [5, 5.41) is 0. The van der Waals surface area contributed by atoms with Gasteiger partial charge in [0.1, 0.15) is 0 Å². The molecule has 0 aliphatic carbocycles. The Hall–Kier alpha value is -0.620. The number of hydrogen-bond donors (Lipinski definition) is 1. The second-order valence-electron chi connectivity index (χ2n) is 4.33. The molecular weight excluding hydrogens is 204 g/mol. The first-order valence-corrected chi connectivity index (χ1v) is 6.13. The largest absolute Gasteiger partial charge is 0.330 e. The Bertz CT molecular complexity index is 334. The van der Waals surface area contributed by atoms with E-state index in [4.69, 9.17) is 5.73 Å². The number of rotatable bonds is 3. The number of amides is 1. The van der Waals surface area contributed by atoms with Crippen LogP contribution in [0.3, 0.4) is 0 Å². The molecule has 1 saturated heterocycles. The van der Waals surface area contributed by atoms with Crippen LogP contribution in [0.4, 0.5) is 0 Å². The summed E-state index contributed by atoms with van der Waals surface area (Å²) in [6.07, 6.45) is 0.100. The van der Waals surface area contributed by atoms with Crippen LogP contribution in [0.2, 0.25) is 0 Å². The van der Waals surface area contributed by atoms with E-state index < -0.39 is 10.0 Å². The molecule has 1 amide bonds. The maximum Gasteiger partial charge on any atom is 0.237 e. The van der Waals surface area contributed by atoms with Crippen molar-refractivity contribution in [2.45, 2.75) is 20.3 Å². The van der Waals surface area contributed by atoms with Crippen molar-refractivity contribution in [2.75, 3.05) is 18.8 Å². The second-order valence-corrected chi connectivity index (χ2v) is 6.35. The van der Waals surface area contributed by atoms with Gasteiger partial charge < -0.3 is 5.73 Å². The molecule has 0 unspecified atom stereocenters. The molecule has 2 N–H and O–H groups in total. The van der Waals surface area contributed by atoms with Crippen LogP contribution in [0.25, 0.3) is 0 Å². The van der Waals surface area contributed by atoms with E-state index in [-0.39, 0.29) is 30.0 Å². The van der Waals surface area contributed by atoms with Crippen LogP contribution in [-0.2, 0) is 14.8 Å². The summed E-state index contributed by atoms with van der Waals surface area (Å²) >= 11 is 0. The molecule has 0 aromatic carbocycles. The molecular formula is C8H16N2O3S. The topological polar surface area (TPSA) is 80.5 Å². The molecule has 0 atom stereocenters. The molecule has 1 heterocycles. The SMILES string of the molecule is CC(C)(CN)CN1C(=O)CCS1(=O)=O. The van der Waals surface area contributed by atoms with Crippen LogP contribution in [0, 0.1) is 5.41 Å². The lowest BCUT2D eigenvalue weighted by molar-refractivity contribution is -0.125. The number of nitrogens with two attached hydrogens (primary N) is 1. The maximum atomic E-state index is 11.4. The number of hydrogen-bond acceptors (Lipinski definition) is 4. The summed E-state index contributed by atoms with van der Waals surface area (Å²) in [6.45, 7) is 4.22. The molecule has 1 aliphatic heterocycles. The third-order valence-corrected chi connectivity index (χ3v) is 4.04. The minimum Gasteiger partial charge on any atom is -0.330 e. The van der Waals surface area contributed by atoms with E-state index >= 15 is 0 Å². The van der Waals surface area contributed by atoms with Gasteiger partial charge >= 0.3 is 0 Å². The van der Waals surface area contributed by atoms with Gasteiger partial charge in [-0.25, -0.2) is 12.7 Å². The molecule has 0 radical (unpaired) electrons. The van der Waals surface area contributed by atoms with Crippen molar-refractivity contribution in [3.05, 3.63) is 0 Å². The zero-order valence-electron chi connectivity index (χ0n) is 8.49. The van der Waals surface area contributed by atoms with Gasteiger partial charge in [-0.2, -0.15) is 0 Å². The van der Waals surface area contributed by atoms with Crippen molar-refractivity contribution < 1.29 is 13.2 Å². The summed E-state index contributed by atoms with van der Waals surface area (Å²) in [4.78, 5) is 11.3. The van der Waals surface area contributed by atoms with Gasteiger partial charge in [-0.05, 0) is 12.0 Å². The molecule has 0 bridgehead atoms. The zero-order chi connectivity index (χ0) is 11.0. The number of nitrogens with zero attached hydrogens (tertiary/aromatic N) is 1. The van der Waals surface area contributed by atoms with Crippen LogP contribution in [0.15, 0.2) is 0 Å². The minimum absolute atomic E-state index is 0.0630. The van der Waals surface area contributed by atoms with E-state index in [1.165, 1.54) is 0 Å². The molecule has 0 aromatic rings. The maximum absolute atomic E-state index is 11.4. The standard InChI is InChI=1S/C8H16N2O3S/c1-8(2,5-9)6-10-7(11)3-4-14(10,12)13/h3-6,9H2,1-2H3. The van der Waals surface area contributed by atoms with E-state index in [9.17, 15) is 13.2 Å². The van der Waals surface area contributed by atoms with E-state index in [1.54, 1.807) is 0 Å². The highest BCUT2D eigenvalue weighted by molar-refractivity contribution is 7.90. The smallest absolute Gasteiger partial charge is 0.237 e. The van der Waals surface area contributed by atoms with Crippen LogP contribution in [0.1, 0.15) is 20.3 Å². The third-order valence-electron chi connectivity index (χ3n) is 2.31. The first-order valence-electron chi connectivity index (χ1n) is 4.52. The average Bonchev–Trinajstić information content (AvgIpc) is 2.32. The summed E-state index contributed by atoms with van der Waals surface area (Å²) in [5.41, 5.74) is 5.13. The molecule has 14 heavy (non-hydrogen) atoms. The summed E-state index contributed by atoms with van der Waals surface area (Å²) in [5.74, 6) is -0.376. The fourth-order valence-corrected chi connectivity index (χ4v) is 2.85. The quantitative estimate of drug-likeness (QED) is 0.697. The van der Waals surface area contributed by atoms with Crippen molar-refractivity contribution in [3.8, 4) is 0 Å². The van der Waals surface area contributed by atoms with Crippen molar-refractivity contribution in [1.29, 1.82) is 0 Å². The first kappa shape index (κ1) is 11.5. The number of sulfonamides is 1. The Kier molecular flexibility index (Phi) is 2.87. The lowest BCUT2D eigenvalue weighted by Crippen LogP contribution is -2.41. The predicted octanol–water partition coefficient (Wildman–Crippen LogP) is -0.467. The Labute approximate surface area is 84.3 Å². The first-order chi connectivity index (χ1) is 6.28. The normalized spacial score (nSPS) is 21.6. The lowest BCUT2D eigenvalue weighted by atomic mass is 9.94. The fourth-order valence-electron chi connectivity index (χ4n) is 1.25. The predicted molar refractivity (Wildman–Crippen MR) is 53.0 cm³/mol. The monoisotopic (exact) mass is 220 g/mol. The van der Waals surface area contributed by atoms with Gasteiger partial charge in [0, 0.05) is 13.0 Å². The van der Waals surface area contributed by atoms with Crippen molar-refractivity contribution in [3.63, 3.8) is 0 Å². The molecule has 1 aliphatic rings. The molecule has 1 rings (SSSR count). The second kappa shape index (κ2) is 3.51. The van der Waals surface area contributed by atoms with Crippen LogP contribution >= 0.6 is 0 Å². The van der Waals surface area contributed by atoms with Crippen LogP contribution in [0.5, 0.6) is 0 Å². The van der Waals surface area contributed by atoms with Gasteiger partial charge in [-0.1, -0.05) is 13.8 Å². The third kappa shape index (κ3) is 2.24. The lowest BCUT2D eigenvalue weighted by Gasteiger charge is -2.27. The van der Waals surface area contributed by atoms with Crippen molar-refractivity contribution >= 4 is 15.9 Å². The van der Waals surface area contributed by atoms with Crippen molar-refractivity contribution in [2.24, 2.45) is 11.1 Å². The Morgan fingerprint density at radius 2 is 2.07 bits per heavy atom. The molecule has 0 spiro atoms. The Morgan fingerprint density at radius 3 is 2.43 bits per heavy atom. The van der Waals surface area contributed by atoms with Gasteiger partial charge in [0.15, 0.2) is 0 Å².